The molecule has 6 heteroatoms. The number of benzene rings is 1. The summed E-state index contributed by atoms with van der Waals surface area (Å²) in [5, 5.41) is 0. The molecule has 1 aromatic heterocycles. The van der Waals surface area contributed by atoms with Gasteiger partial charge in [-0.3, -0.25) is 20.4 Å². The molecule has 144 valence electrons. The van der Waals surface area contributed by atoms with Crippen molar-refractivity contribution < 1.29 is 14.3 Å². The maximum atomic E-state index is 12.4. The normalized spacial score (nSPS) is 13.7. The number of aryl methyl sites for hydroxylation is 2. The molecule has 3 rings (SSSR count). The minimum Gasteiger partial charge on any atom is -0.374 e. The third kappa shape index (κ3) is 5.40. The van der Waals surface area contributed by atoms with E-state index in [1.54, 1.807) is 12.1 Å². The zero-order valence-electron chi connectivity index (χ0n) is 15.8. The van der Waals surface area contributed by atoms with Gasteiger partial charge in [-0.1, -0.05) is 18.6 Å². The standard InChI is InChI=1S/C21H26N2O3S/c1-14(2)26-13-15-8-10-16(11-9-15)20(24)22-23-21(25)19-12-17-6-4-3-5-7-18(17)27-19/h8-12,14H,3-7,13H2,1-2H3,(H,22,24)(H,23,25). The number of hydrogen-bond acceptors (Lipinski definition) is 4. The predicted molar refractivity (Wildman–Crippen MR) is 107 cm³/mol. The average molecular weight is 387 g/mol. The molecule has 0 saturated carbocycles. The molecule has 0 atom stereocenters. The van der Waals surface area contributed by atoms with Gasteiger partial charge in [0.05, 0.1) is 17.6 Å². The number of amides is 2. The highest BCUT2D eigenvalue weighted by Gasteiger charge is 2.17. The molecule has 0 aliphatic heterocycles. The lowest BCUT2D eigenvalue weighted by Gasteiger charge is -2.09. The van der Waals surface area contributed by atoms with Crippen LogP contribution in [-0.2, 0) is 24.2 Å². The van der Waals surface area contributed by atoms with Crippen LogP contribution in [0.25, 0.3) is 0 Å². The quantitative estimate of drug-likeness (QED) is 0.602. The van der Waals surface area contributed by atoms with E-state index < -0.39 is 0 Å². The molecular weight excluding hydrogens is 360 g/mol. The maximum absolute atomic E-state index is 12.4. The maximum Gasteiger partial charge on any atom is 0.279 e. The van der Waals surface area contributed by atoms with Crippen LogP contribution < -0.4 is 10.9 Å². The van der Waals surface area contributed by atoms with Gasteiger partial charge in [0.25, 0.3) is 11.8 Å². The minimum atomic E-state index is -0.335. The Morgan fingerprint density at radius 2 is 1.74 bits per heavy atom. The number of nitrogens with one attached hydrogen (secondary N) is 2. The fourth-order valence-electron chi connectivity index (χ4n) is 3.04. The van der Waals surface area contributed by atoms with Crippen LogP contribution >= 0.6 is 11.3 Å². The van der Waals surface area contributed by atoms with E-state index in [0.29, 0.717) is 17.0 Å². The number of ether oxygens (including phenoxy) is 1. The Morgan fingerprint density at radius 3 is 2.48 bits per heavy atom. The van der Waals surface area contributed by atoms with E-state index in [0.717, 1.165) is 18.4 Å². The van der Waals surface area contributed by atoms with E-state index in [9.17, 15) is 9.59 Å². The van der Waals surface area contributed by atoms with Crippen molar-refractivity contribution in [3.05, 3.63) is 56.8 Å². The van der Waals surface area contributed by atoms with Gasteiger partial charge in [0.15, 0.2) is 0 Å². The van der Waals surface area contributed by atoms with Crippen molar-refractivity contribution in [2.24, 2.45) is 0 Å². The first-order chi connectivity index (χ1) is 13.0. The zero-order valence-corrected chi connectivity index (χ0v) is 16.7. The summed E-state index contributed by atoms with van der Waals surface area (Å²) in [6, 6.07) is 9.14. The topological polar surface area (TPSA) is 67.4 Å². The summed E-state index contributed by atoms with van der Waals surface area (Å²) in [7, 11) is 0. The van der Waals surface area contributed by atoms with Gasteiger partial charge in [-0.25, -0.2) is 0 Å². The van der Waals surface area contributed by atoms with Crippen molar-refractivity contribution in [2.75, 3.05) is 0 Å². The Balaban J connectivity index is 1.53. The average Bonchev–Trinajstić information content (AvgIpc) is 2.95. The fourth-order valence-corrected chi connectivity index (χ4v) is 4.19. The Bertz CT molecular complexity index is 773. The summed E-state index contributed by atoms with van der Waals surface area (Å²) in [5.74, 6) is -0.596. The third-order valence-corrected chi connectivity index (χ3v) is 5.80. The highest BCUT2D eigenvalue weighted by atomic mass is 32.1. The van der Waals surface area contributed by atoms with Gasteiger partial charge >= 0.3 is 0 Å². The van der Waals surface area contributed by atoms with E-state index in [2.05, 4.69) is 10.9 Å². The largest absolute Gasteiger partial charge is 0.374 e. The molecule has 2 amide bonds. The number of carbonyl (C=O) groups is 2. The van der Waals surface area contributed by atoms with Gasteiger partial charge in [0.2, 0.25) is 0 Å². The van der Waals surface area contributed by atoms with E-state index in [1.165, 1.54) is 41.0 Å². The van der Waals surface area contributed by atoms with Crippen LogP contribution in [0.1, 0.15) is 69.1 Å². The Hall–Kier alpha value is -2.18. The second kappa shape index (κ2) is 9.15. The monoisotopic (exact) mass is 386 g/mol. The van der Waals surface area contributed by atoms with Crippen molar-refractivity contribution >= 4 is 23.2 Å². The molecule has 0 unspecified atom stereocenters. The van der Waals surface area contributed by atoms with Gasteiger partial charge in [-0.2, -0.15) is 0 Å². The number of hydrogen-bond donors (Lipinski definition) is 2. The Labute approximate surface area is 164 Å². The summed E-state index contributed by atoms with van der Waals surface area (Å²) in [6.45, 7) is 4.48. The number of hydrazine groups is 1. The van der Waals surface area contributed by atoms with Gasteiger partial charge < -0.3 is 4.74 Å². The molecule has 0 radical (unpaired) electrons. The second-order valence-electron chi connectivity index (χ2n) is 7.08. The molecule has 0 fully saturated rings. The summed E-state index contributed by atoms with van der Waals surface area (Å²) in [4.78, 5) is 26.6. The molecule has 2 N–H and O–H groups in total. The minimum absolute atomic E-state index is 0.162. The summed E-state index contributed by atoms with van der Waals surface area (Å²) >= 11 is 1.54. The SMILES string of the molecule is CC(C)OCc1ccc(C(=O)NNC(=O)c2cc3c(s2)CCCCC3)cc1. The lowest BCUT2D eigenvalue weighted by atomic mass is 10.1. The molecule has 1 aromatic carbocycles. The number of rotatable bonds is 5. The van der Waals surface area contributed by atoms with E-state index in [-0.39, 0.29) is 17.9 Å². The van der Waals surface area contributed by atoms with Crippen LogP contribution in [0, 0.1) is 0 Å². The molecule has 0 spiro atoms. The smallest absolute Gasteiger partial charge is 0.279 e. The fraction of sp³-hybridized carbons (Fsp3) is 0.429. The first-order valence-electron chi connectivity index (χ1n) is 9.45. The van der Waals surface area contributed by atoms with E-state index >= 15 is 0 Å². The Morgan fingerprint density at radius 1 is 1.04 bits per heavy atom. The van der Waals surface area contributed by atoms with Crippen LogP contribution in [0.2, 0.25) is 0 Å². The van der Waals surface area contributed by atoms with Gasteiger partial charge in [0.1, 0.15) is 0 Å². The third-order valence-electron chi connectivity index (χ3n) is 4.56. The summed E-state index contributed by atoms with van der Waals surface area (Å²) in [5.41, 5.74) is 7.80. The number of fused-ring (bicyclic) bond motifs is 1. The molecule has 27 heavy (non-hydrogen) atoms. The summed E-state index contributed by atoms with van der Waals surface area (Å²) in [6.07, 6.45) is 5.87. The highest BCUT2D eigenvalue weighted by Crippen LogP contribution is 2.28. The van der Waals surface area contributed by atoms with E-state index in [1.807, 2.05) is 32.0 Å². The Kier molecular flexibility index (Phi) is 6.63. The van der Waals surface area contributed by atoms with Gasteiger partial charge in [-0.05, 0) is 68.9 Å². The second-order valence-corrected chi connectivity index (χ2v) is 8.22. The van der Waals surface area contributed by atoms with Crippen LogP contribution in [0.5, 0.6) is 0 Å². The van der Waals surface area contributed by atoms with Gasteiger partial charge in [-0.15, -0.1) is 11.3 Å². The molecule has 1 aliphatic carbocycles. The van der Waals surface area contributed by atoms with E-state index in [4.69, 9.17) is 4.74 Å². The molecule has 2 aromatic rings. The van der Waals surface area contributed by atoms with Crippen molar-refractivity contribution in [2.45, 2.75) is 58.7 Å². The van der Waals surface area contributed by atoms with Crippen molar-refractivity contribution in [1.82, 2.24) is 10.9 Å². The van der Waals surface area contributed by atoms with Crippen LogP contribution in [-0.4, -0.2) is 17.9 Å². The van der Waals surface area contributed by atoms with Crippen molar-refractivity contribution in [1.29, 1.82) is 0 Å². The first kappa shape index (κ1) is 19.6. The molecule has 0 bridgehead atoms. The van der Waals surface area contributed by atoms with Crippen molar-refractivity contribution in [3.63, 3.8) is 0 Å². The lowest BCUT2D eigenvalue weighted by molar-refractivity contribution is 0.0656. The van der Waals surface area contributed by atoms with Crippen LogP contribution in [0.3, 0.4) is 0 Å². The molecule has 0 saturated heterocycles. The predicted octanol–water partition coefficient (Wildman–Crippen LogP) is 4.02. The van der Waals surface area contributed by atoms with Gasteiger partial charge in [0, 0.05) is 10.4 Å². The van der Waals surface area contributed by atoms with Crippen LogP contribution in [0.15, 0.2) is 30.3 Å². The number of thiophene rings is 1. The molecule has 1 aliphatic rings. The van der Waals surface area contributed by atoms with Crippen LogP contribution in [0.4, 0.5) is 0 Å². The molecular formula is C21H26N2O3S. The summed E-state index contributed by atoms with van der Waals surface area (Å²) < 4.78 is 5.54. The first-order valence-corrected chi connectivity index (χ1v) is 10.3. The van der Waals surface area contributed by atoms with Crippen molar-refractivity contribution in [3.8, 4) is 0 Å². The highest BCUT2D eigenvalue weighted by molar-refractivity contribution is 7.14. The molecule has 5 nitrogen and oxygen atoms in total. The lowest BCUT2D eigenvalue weighted by Crippen LogP contribution is -2.41. The molecule has 1 heterocycles. The number of carbonyl (C=O) groups excluding carboxylic acids is 2. The zero-order chi connectivity index (χ0) is 19.2.